The molecule has 2 aromatic carbocycles. The van der Waals surface area contributed by atoms with Crippen LogP contribution in [0.15, 0.2) is 41.2 Å². The minimum atomic E-state index is -0.363. The number of benzene rings is 2. The van der Waals surface area contributed by atoms with Gasteiger partial charge in [0.2, 0.25) is 6.79 Å². The average molecular weight is 323 g/mol. The van der Waals surface area contributed by atoms with Gasteiger partial charge >= 0.3 is 0 Å². The molecule has 7 heteroatoms. The lowest BCUT2D eigenvalue weighted by molar-refractivity contribution is 0.174. The molecule has 0 unspecified atom stereocenters. The van der Waals surface area contributed by atoms with E-state index in [0.29, 0.717) is 39.4 Å². The molecule has 2 N–H and O–H groups in total. The lowest BCUT2D eigenvalue weighted by Crippen LogP contribution is -2.09. The number of H-pyrrole nitrogens is 2. The van der Waals surface area contributed by atoms with Crippen LogP contribution in [0.1, 0.15) is 0 Å². The molecule has 0 bridgehead atoms. The minimum absolute atomic E-state index is 0.165. The number of halogens is 1. The van der Waals surface area contributed by atoms with Gasteiger partial charge in [0.05, 0.1) is 22.1 Å². The van der Waals surface area contributed by atoms with Crippen molar-refractivity contribution in [3.05, 3.63) is 52.6 Å². The second kappa shape index (κ2) is 4.58. The number of fused-ring (bicyclic) bond motifs is 3. The maximum Gasteiger partial charge on any atom is 0.259 e. The van der Waals surface area contributed by atoms with Crippen molar-refractivity contribution in [2.75, 3.05) is 6.79 Å². The fraction of sp³-hybridized carbons (Fsp3) is 0.0588. The van der Waals surface area contributed by atoms with Gasteiger partial charge in [-0.15, -0.1) is 0 Å². The SMILES string of the molecule is O=c1[nH]c2cc3c(cc2cc1-c1nc2ccc(F)cc2[nH]1)OCO3. The third kappa shape index (κ3) is 1.88. The molecule has 0 fully saturated rings. The number of nitrogens with one attached hydrogen (secondary N) is 2. The number of aromatic nitrogens is 3. The standard InChI is InChI=1S/C17H10FN3O3/c18-9-1-2-11-13(5-9)20-16(19-11)10-3-8-4-14-15(24-7-23-14)6-12(8)21-17(10)22/h1-6H,7H2,(H,19,20)(H,21,22). The number of pyridine rings is 1. The van der Waals surface area contributed by atoms with E-state index in [1.54, 1.807) is 24.3 Å². The van der Waals surface area contributed by atoms with Gasteiger partial charge in [0.25, 0.3) is 5.56 Å². The molecule has 0 amide bonds. The Kier molecular flexibility index (Phi) is 2.50. The Bertz CT molecular complexity index is 1180. The van der Waals surface area contributed by atoms with Gasteiger partial charge in [-0.3, -0.25) is 4.79 Å². The van der Waals surface area contributed by atoms with Gasteiger partial charge in [-0.25, -0.2) is 9.37 Å². The summed E-state index contributed by atoms with van der Waals surface area (Å²) in [5, 5.41) is 0.792. The molecule has 0 radical (unpaired) electrons. The van der Waals surface area contributed by atoms with E-state index in [9.17, 15) is 9.18 Å². The lowest BCUT2D eigenvalue weighted by Gasteiger charge is -2.03. The summed E-state index contributed by atoms with van der Waals surface area (Å²) in [7, 11) is 0. The van der Waals surface area contributed by atoms with Gasteiger partial charge in [-0.1, -0.05) is 0 Å². The maximum atomic E-state index is 13.3. The summed E-state index contributed by atoms with van der Waals surface area (Å²) in [6, 6.07) is 9.51. The van der Waals surface area contributed by atoms with Crippen LogP contribution in [0.25, 0.3) is 33.3 Å². The number of imidazole rings is 1. The first-order chi connectivity index (χ1) is 11.7. The summed E-state index contributed by atoms with van der Waals surface area (Å²) < 4.78 is 24.0. The molecule has 3 heterocycles. The van der Waals surface area contributed by atoms with Gasteiger partial charge in [0.15, 0.2) is 11.5 Å². The van der Waals surface area contributed by atoms with Crippen molar-refractivity contribution >= 4 is 21.9 Å². The van der Waals surface area contributed by atoms with E-state index in [2.05, 4.69) is 15.0 Å². The predicted molar refractivity (Wildman–Crippen MR) is 85.7 cm³/mol. The molecule has 0 saturated carbocycles. The number of ether oxygens (including phenoxy) is 2. The van der Waals surface area contributed by atoms with Crippen LogP contribution in [0.2, 0.25) is 0 Å². The third-order valence-corrected chi connectivity index (χ3v) is 4.04. The van der Waals surface area contributed by atoms with Gasteiger partial charge < -0.3 is 19.4 Å². The van der Waals surface area contributed by atoms with Crippen molar-refractivity contribution in [1.82, 2.24) is 15.0 Å². The van der Waals surface area contributed by atoms with Crippen LogP contribution in [0.4, 0.5) is 4.39 Å². The average Bonchev–Trinajstić information content (AvgIpc) is 3.17. The van der Waals surface area contributed by atoms with Crippen molar-refractivity contribution in [2.45, 2.75) is 0 Å². The Hall–Kier alpha value is -3.35. The maximum absolute atomic E-state index is 13.3. The van der Waals surface area contributed by atoms with E-state index >= 15 is 0 Å². The number of hydrogen-bond donors (Lipinski definition) is 2. The summed E-state index contributed by atoms with van der Waals surface area (Å²) in [5.41, 5.74) is 1.86. The number of aromatic amines is 2. The van der Waals surface area contributed by atoms with Crippen molar-refractivity contribution in [3.8, 4) is 22.9 Å². The van der Waals surface area contributed by atoms with Crippen LogP contribution in [-0.4, -0.2) is 21.7 Å². The zero-order valence-corrected chi connectivity index (χ0v) is 12.2. The molecule has 6 nitrogen and oxygen atoms in total. The monoisotopic (exact) mass is 323 g/mol. The molecule has 5 rings (SSSR count). The van der Waals surface area contributed by atoms with E-state index in [1.807, 2.05) is 0 Å². The highest BCUT2D eigenvalue weighted by Crippen LogP contribution is 2.35. The Morgan fingerprint density at radius 3 is 2.71 bits per heavy atom. The first kappa shape index (κ1) is 13.1. The van der Waals surface area contributed by atoms with Crippen LogP contribution >= 0.6 is 0 Å². The topological polar surface area (TPSA) is 80.0 Å². The molecule has 0 saturated heterocycles. The number of nitrogens with zero attached hydrogens (tertiary/aromatic N) is 1. The molecule has 0 aliphatic carbocycles. The molecule has 24 heavy (non-hydrogen) atoms. The molecule has 2 aromatic heterocycles. The largest absolute Gasteiger partial charge is 0.454 e. The summed E-state index contributed by atoms with van der Waals surface area (Å²) in [6.45, 7) is 0.165. The Morgan fingerprint density at radius 2 is 1.83 bits per heavy atom. The highest BCUT2D eigenvalue weighted by atomic mass is 19.1. The highest BCUT2D eigenvalue weighted by Gasteiger charge is 2.17. The predicted octanol–water partition coefficient (Wildman–Crippen LogP) is 2.94. The summed E-state index contributed by atoms with van der Waals surface area (Å²) in [5.74, 6) is 1.26. The second-order valence-corrected chi connectivity index (χ2v) is 5.55. The van der Waals surface area contributed by atoms with E-state index in [4.69, 9.17) is 9.47 Å². The molecule has 0 atom stereocenters. The van der Waals surface area contributed by atoms with Gasteiger partial charge in [0, 0.05) is 11.5 Å². The van der Waals surface area contributed by atoms with Crippen molar-refractivity contribution in [2.24, 2.45) is 0 Å². The van der Waals surface area contributed by atoms with Crippen molar-refractivity contribution < 1.29 is 13.9 Å². The first-order valence-electron chi connectivity index (χ1n) is 7.30. The molecular formula is C17H10FN3O3. The quantitative estimate of drug-likeness (QED) is 0.564. The lowest BCUT2D eigenvalue weighted by atomic mass is 10.1. The molecular weight excluding hydrogens is 313 g/mol. The van der Waals surface area contributed by atoms with Crippen LogP contribution in [0, 0.1) is 5.82 Å². The Morgan fingerprint density at radius 1 is 1.00 bits per heavy atom. The second-order valence-electron chi connectivity index (χ2n) is 5.55. The molecule has 1 aliphatic heterocycles. The molecule has 0 spiro atoms. The number of rotatable bonds is 1. The molecule has 4 aromatic rings. The molecule has 1 aliphatic rings. The summed E-state index contributed by atoms with van der Waals surface area (Å²) in [4.78, 5) is 22.6. The van der Waals surface area contributed by atoms with E-state index < -0.39 is 0 Å². The highest BCUT2D eigenvalue weighted by molar-refractivity contribution is 5.87. The fourth-order valence-electron chi connectivity index (χ4n) is 2.88. The zero-order valence-electron chi connectivity index (χ0n) is 12.2. The van der Waals surface area contributed by atoms with Crippen LogP contribution in [0.3, 0.4) is 0 Å². The van der Waals surface area contributed by atoms with E-state index in [1.165, 1.54) is 12.1 Å². The van der Waals surface area contributed by atoms with Crippen LogP contribution in [0.5, 0.6) is 11.5 Å². The minimum Gasteiger partial charge on any atom is -0.454 e. The first-order valence-corrected chi connectivity index (χ1v) is 7.30. The molecule has 118 valence electrons. The third-order valence-electron chi connectivity index (χ3n) is 4.04. The van der Waals surface area contributed by atoms with E-state index in [-0.39, 0.29) is 18.2 Å². The van der Waals surface area contributed by atoms with E-state index in [0.717, 1.165) is 5.39 Å². The van der Waals surface area contributed by atoms with Crippen molar-refractivity contribution in [3.63, 3.8) is 0 Å². The zero-order chi connectivity index (χ0) is 16.3. The van der Waals surface area contributed by atoms with Crippen LogP contribution < -0.4 is 15.0 Å². The van der Waals surface area contributed by atoms with Gasteiger partial charge in [-0.2, -0.15) is 0 Å². The van der Waals surface area contributed by atoms with Gasteiger partial charge in [-0.05, 0) is 30.3 Å². The normalized spacial score (nSPS) is 13.0. The van der Waals surface area contributed by atoms with Crippen LogP contribution in [-0.2, 0) is 0 Å². The smallest absolute Gasteiger partial charge is 0.259 e. The van der Waals surface area contributed by atoms with Gasteiger partial charge in [0.1, 0.15) is 11.6 Å². The number of hydrogen-bond acceptors (Lipinski definition) is 4. The summed E-state index contributed by atoms with van der Waals surface area (Å²) >= 11 is 0. The Labute approximate surface area is 133 Å². The van der Waals surface area contributed by atoms with Crippen molar-refractivity contribution in [1.29, 1.82) is 0 Å². The summed E-state index contributed by atoms with van der Waals surface area (Å²) in [6.07, 6.45) is 0. The fourth-order valence-corrected chi connectivity index (χ4v) is 2.88. The Balaban J connectivity index is 1.74.